The fourth-order valence-electron chi connectivity index (χ4n) is 3.78. The van der Waals surface area contributed by atoms with Gasteiger partial charge in [-0.25, -0.2) is 0 Å². The Morgan fingerprint density at radius 1 is 1.26 bits per heavy atom. The third kappa shape index (κ3) is 3.86. The number of likely N-dealkylation sites (N-methyl/N-ethyl adjacent to an activating group) is 1. The summed E-state index contributed by atoms with van der Waals surface area (Å²) in [5.74, 6) is 0.0399. The summed E-state index contributed by atoms with van der Waals surface area (Å²) in [6.45, 7) is 1.26. The molecule has 8 heteroatoms. The minimum atomic E-state index is -0.615. The number of amides is 2. The average molecular weight is 432 g/mol. The van der Waals surface area contributed by atoms with E-state index in [1.165, 1.54) is 11.8 Å². The van der Waals surface area contributed by atoms with Gasteiger partial charge in [-0.1, -0.05) is 30.3 Å². The van der Waals surface area contributed by atoms with Crippen LogP contribution in [0.3, 0.4) is 0 Å². The van der Waals surface area contributed by atoms with E-state index in [1.807, 2.05) is 42.6 Å². The van der Waals surface area contributed by atoms with Crippen molar-refractivity contribution in [1.29, 1.82) is 0 Å². The summed E-state index contributed by atoms with van der Waals surface area (Å²) >= 11 is 1.58. The van der Waals surface area contributed by atoms with Crippen LogP contribution in [0.1, 0.15) is 27.0 Å². The van der Waals surface area contributed by atoms with Gasteiger partial charge in [-0.15, -0.1) is 11.8 Å². The number of thioether (sulfide) groups is 1. The molecule has 5 rings (SSSR count). The zero-order chi connectivity index (χ0) is 21.4. The normalized spacial score (nSPS) is 17.3. The number of hydrogen-bond acceptors (Lipinski definition) is 5. The van der Waals surface area contributed by atoms with Crippen molar-refractivity contribution < 1.29 is 9.59 Å². The molecule has 0 radical (unpaired) electrons. The summed E-state index contributed by atoms with van der Waals surface area (Å²) in [4.78, 5) is 32.9. The van der Waals surface area contributed by atoms with Crippen LogP contribution in [0.4, 0.5) is 5.69 Å². The number of aliphatic imine (C=N–C) groups is 1. The van der Waals surface area contributed by atoms with Gasteiger partial charge in [0, 0.05) is 30.1 Å². The largest absolute Gasteiger partial charge is 0.339 e. The maximum atomic E-state index is 13.1. The van der Waals surface area contributed by atoms with Crippen LogP contribution in [0.15, 0.2) is 64.7 Å². The van der Waals surface area contributed by atoms with Crippen molar-refractivity contribution in [3.63, 3.8) is 0 Å². The van der Waals surface area contributed by atoms with Crippen molar-refractivity contribution >= 4 is 35.5 Å². The number of carbonyl (C=O) groups excluding carboxylic acids is 2. The lowest BCUT2D eigenvalue weighted by Crippen LogP contribution is -2.48. The highest BCUT2D eigenvalue weighted by atomic mass is 32.2. The summed E-state index contributed by atoms with van der Waals surface area (Å²) < 4.78 is 1.72. The van der Waals surface area contributed by atoms with Gasteiger partial charge in [-0.3, -0.25) is 19.3 Å². The van der Waals surface area contributed by atoms with Crippen LogP contribution < -0.4 is 10.2 Å². The van der Waals surface area contributed by atoms with E-state index in [-0.39, 0.29) is 11.8 Å². The highest BCUT2D eigenvalue weighted by molar-refractivity contribution is 7.99. The van der Waals surface area contributed by atoms with Crippen molar-refractivity contribution in [2.24, 2.45) is 4.99 Å². The zero-order valence-corrected chi connectivity index (χ0v) is 17.8. The first kappa shape index (κ1) is 19.6. The second-order valence-corrected chi connectivity index (χ2v) is 8.70. The molecule has 0 saturated heterocycles. The molecule has 0 saturated carbocycles. The molecule has 1 aromatic heterocycles. The van der Waals surface area contributed by atoms with Gasteiger partial charge in [0.2, 0.25) is 5.91 Å². The molecule has 3 aromatic rings. The van der Waals surface area contributed by atoms with Gasteiger partial charge < -0.3 is 10.2 Å². The van der Waals surface area contributed by atoms with Crippen LogP contribution in [0.25, 0.3) is 0 Å². The maximum Gasteiger partial charge on any atom is 0.255 e. The van der Waals surface area contributed by atoms with E-state index in [9.17, 15) is 9.59 Å². The number of hydrogen-bond donors (Lipinski definition) is 1. The average Bonchev–Trinajstić information content (AvgIpc) is 3.42. The van der Waals surface area contributed by atoms with Crippen LogP contribution in [-0.4, -0.2) is 46.7 Å². The molecule has 0 fully saturated rings. The molecule has 2 aliphatic heterocycles. The molecule has 156 valence electrons. The van der Waals surface area contributed by atoms with Crippen molar-refractivity contribution in [2.75, 3.05) is 17.7 Å². The van der Waals surface area contributed by atoms with E-state index in [1.54, 1.807) is 34.6 Å². The molecule has 7 nitrogen and oxygen atoms in total. The molecule has 2 aliphatic rings. The molecule has 2 aromatic carbocycles. The molecule has 2 amide bonds. The molecule has 3 heterocycles. The first-order valence-electron chi connectivity index (χ1n) is 10.0. The Hall–Kier alpha value is -3.39. The first-order chi connectivity index (χ1) is 15.1. The number of anilines is 1. The fourth-order valence-corrected chi connectivity index (χ4v) is 4.92. The quantitative estimate of drug-likeness (QED) is 0.689. The topological polar surface area (TPSA) is 79.6 Å². The summed E-state index contributed by atoms with van der Waals surface area (Å²) in [7, 11) is 1.75. The number of benzene rings is 2. The highest BCUT2D eigenvalue weighted by Gasteiger charge is 2.31. The Morgan fingerprint density at radius 3 is 2.94 bits per heavy atom. The summed E-state index contributed by atoms with van der Waals surface area (Å²) in [6.07, 6.45) is 5.09. The monoisotopic (exact) mass is 431 g/mol. The van der Waals surface area contributed by atoms with Crippen LogP contribution in [-0.2, 0) is 17.9 Å². The number of nitrogens with zero attached hydrogens (tertiary/aromatic N) is 4. The molecule has 0 bridgehead atoms. The van der Waals surface area contributed by atoms with Crippen molar-refractivity contribution in [3.8, 4) is 0 Å². The Bertz CT molecular complexity index is 1190. The van der Waals surface area contributed by atoms with Gasteiger partial charge in [0.1, 0.15) is 6.04 Å². The van der Waals surface area contributed by atoms with Crippen molar-refractivity contribution in [3.05, 3.63) is 77.1 Å². The predicted molar refractivity (Wildman–Crippen MR) is 121 cm³/mol. The molecule has 0 aliphatic carbocycles. The highest BCUT2D eigenvalue weighted by Crippen LogP contribution is 2.37. The van der Waals surface area contributed by atoms with Crippen LogP contribution in [0.2, 0.25) is 0 Å². The molecular formula is C23H21N5O2S. The van der Waals surface area contributed by atoms with Gasteiger partial charge in [-0.2, -0.15) is 5.10 Å². The van der Waals surface area contributed by atoms with E-state index in [0.717, 1.165) is 21.7 Å². The maximum absolute atomic E-state index is 13.1. The molecule has 0 spiro atoms. The van der Waals surface area contributed by atoms with E-state index in [4.69, 9.17) is 0 Å². The minimum Gasteiger partial charge on any atom is -0.339 e. The second kappa shape index (κ2) is 8.03. The fraction of sp³-hybridized carbons (Fsp3) is 0.217. The van der Waals surface area contributed by atoms with Crippen LogP contribution in [0.5, 0.6) is 0 Å². The Labute approximate surface area is 184 Å². The lowest BCUT2D eigenvalue weighted by Gasteiger charge is -2.22. The standard InChI is InChI=1S/C23H21N5O2S/c1-27-20-7-16-9-24-10-17(16)8-21(20)31-14-19(23(27)30)26-22(29)18-11-25-28(13-18)12-15-5-3-2-4-6-15/h2-9,11,13,19H,10,12,14H2,1H3,(H,26,29)/t19-/m0/s1. The molecule has 0 unspecified atom stereocenters. The number of fused-ring (bicyclic) bond motifs is 2. The third-order valence-electron chi connectivity index (χ3n) is 5.50. The Balaban J connectivity index is 1.30. The number of rotatable bonds is 4. The Kier molecular flexibility index (Phi) is 5.07. The molecule has 1 atom stereocenters. The van der Waals surface area contributed by atoms with E-state index in [2.05, 4.69) is 21.5 Å². The van der Waals surface area contributed by atoms with Gasteiger partial charge >= 0.3 is 0 Å². The third-order valence-corrected chi connectivity index (χ3v) is 6.63. The van der Waals surface area contributed by atoms with Crippen molar-refractivity contribution in [1.82, 2.24) is 15.1 Å². The summed E-state index contributed by atoms with van der Waals surface area (Å²) in [5, 5.41) is 7.18. The van der Waals surface area contributed by atoms with E-state index >= 15 is 0 Å². The number of carbonyl (C=O) groups is 2. The first-order valence-corrected chi connectivity index (χ1v) is 11.0. The SMILES string of the molecule is CN1C(=O)[C@@H](NC(=O)c2cnn(Cc3ccccc3)c2)CSc2cc3c(cc21)C=NC3. The van der Waals surface area contributed by atoms with Crippen molar-refractivity contribution in [2.45, 2.75) is 24.0 Å². The molecule has 31 heavy (non-hydrogen) atoms. The summed E-state index contributed by atoms with van der Waals surface area (Å²) in [6, 6.07) is 13.4. The van der Waals surface area contributed by atoms with Gasteiger partial charge in [0.25, 0.3) is 5.91 Å². The smallest absolute Gasteiger partial charge is 0.255 e. The minimum absolute atomic E-state index is 0.133. The zero-order valence-electron chi connectivity index (χ0n) is 17.0. The Morgan fingerprint density at radius 2 is 2.10 bits per heavy atom. The van der Waals surface area contributed by atoms with E-state index < -0.39 is 6.04 Å². The predicted octanol–water partition coefficient (Wildman–Crippen LogP) is 2.73. The second-order valence-electron chi connectivity index (χ2n) is 7.64. The van der Waals surface area contributed by atoms with Crippen LogP contribution in [0, 0.1) is 0 Å². The number of aromatic nitrogens is 2. The number of nitrogens with one attached hydrogen (secondary N) is 1. The summed E-state index contributed by atoms with van der Waals surface area (Å²) in [5.41, 5.74) is 4.61. The molecular weight excluding hydrogens is 410 g/mol. The lowest BCUT2D eigenvalue weighted by molar-refractivity contribution is -0.119. The van der Waals surface area contributed by atoms with E-state index in [0.29, 0.717) is 24.4 Å². The van der Waals surface area contributed by atoms with Gasteiger partial charge in [-0.05, 0) is 28.8 Å². The molecule has 1 N–H and O–H groups in total. The van der Waals surface area contributed by atoms with Gasteiger partial charge in [0.05, 0.1) is 30.5 Å². The lowest BCUT2D eigenvalue weighted by atomic mass is 10.1. The van der Waals surface area contributed by atoms with Gasteiger partial charge in [0.15, 0.2) is 0 Å². The van der Waals surface area contributed by atoms with Crippen LogP contribution >= 0.6 is 11.8 Å².